The molecule has 1 saturated heterocycles. The van der Waals surface area contributed by atoms with Gasteiger partial charge in [-0.25, -0.2) is 14.3 Å². The molecule has 0 saturated carbocycles. The van der Waals surface area contributed by atoms with E-state index in [1.165, 1.54) is 0 Å². The molecule has 0 aliphatic carbocycles. The predicted octanol–water partition coefficient (Wildman–Crippen LogP) is 0.955. The van der Waals surface area contributed by atoms with E-state index in [1.807, 2.05) is 0 Å². The van der Waals surface area contributed by atoms with Gasteiger partial charge in [-0.05, 0) is 6.42 Å². The van der Waals surface area contributed by atoms with E-state index in [1.54, 1.807) is 4.67 Å². The van der Waals surface area contributed by atoms with Crippen molar-refractivity contribution in [3.05, 3.63) is 0 Å². The molecule has 19 heavy (non-hydrogen) atoms. The minimum atomic E-state index is -4.64. The Morgan fingerprint density at radius 1 is 1.32 bits per heavy atom. The zero-order valence-electron chi connectivity index (χ0n) is 10.1. The van der Waals surface area contributed by atoms with Crippen LogP contribution >= 0.6 is 38.7 Å². The lowest BCUT2D eigenvalue weighted by Crippen LogP contribution is -2.36. The highest BCUT2D eigenvalue weighted by molar-refractivity contribution is 7.54. The first-order chi connectivity index (χ1) is 8.73. The van der Waals surface area contributed by atoms with Crippen LogP contribution in [-0.4, -0.2) is 57.4 Å². The third-order valence-electron chi connectivity index (χ3n) is 1.95. The van der Waals surface area contributed by atoms with Gasteiger partial charge in [0.25, 0.3) is 0 Å². The Labute approximate surface area is 121 Å². The van der Waals surface area contributed by atoms with Crippen molar-refractivity contribution in [2.45, 2.75) is 6.42 Å². The highest BCUT2D eigenvalue weighted by atomic mass is 35.5. The van der Waals surface area contributed by atoms with Crippen molar-refractivity contribution in [3.8, 4) is 0 Å². The molecule has 1 rings (SSSR count). The zero-order chi connectivity index (χ0) is 14.9. The predicted molar refractivity (Wildman–Crippen MR) is 73.5 cm³/mol. The summed E-state index contributed by atoms with van der Waals surface area (Å²) in [5.74, 6) is 0.873. The van der Waals surface area contributed by atoms with Crippen molar-refractivity contribution in [1.82, 2.24) is 9.76 Å². The Morgan fingerprint density at radius 2 is 1.89 bits per heavy atom. The van der Waals surface area contributed by atoms with Crippen LogP contribution in [0.1, 0.15) is 6.42 Å². The van der Waals surface area contributed by atoms with Crippen molar-refractivity contribution in [1.29, 1.82) is 0 Å². The maximum absolute atomic E-state index is 12.2. The van der Waals surface area contributed by atoms with Gasteiger partial charge >= 0.3 is 15.5 Å². The summed E-state index contributed by atoms with van der Waals surface area (Å²) in [5.41, 5.74) is 0. The molecule has 4 N–H and O–H groups in total. The molecule has 1 aliphatic heterocycles. The number of hydrogen-bond acceptors (Lipinski definition) is 3. The molecule has 0 amide bonds. The van der Waals surface area contributed by atoms with Gasteiger partial charge in [0.15, 0.2) is 0 Å². The molecule has 1 aliphatic rings. The van der Waals surface area contributed by atoms with E-state index in [2.05, 4.69) is 5.09 Å². The smallest absolute Gasteiger partial charge is 0.306 e. The van der Waals surface area contributed by atoms with Crippen molar-refractivity contribution in [2.24, 2.45) is 0 Å². The fraction of sp³-hybridized carbons (Fsp3) is 1.00. The van der Waals surface area contributed by atoms with Gasteiger partial charge < -0.3 is 19.2 Å². The Morgan fingerprint density at radius 3 is 2.37 bits per heavy atom. The standard InChI is InChI=1S/C7H15Cl2N2O2P.H3O4P/c8-2-4-10-14(12)11(6-3-9)5-1-7-13-14;1-5(2,3)4/h1-7H2,(H,10,12);(H3,1,2,3,4). The minimum Gasteiger partial charge on any atom is -0.306 e. The Kier molecular flexibility index (Phi) is 10.1. The summed E-state index contributed by atoms with van der Waals surface area (Å²) in [6.45, 7) is 2.36. The number of nitrogens with one attached hydrogen (secondary N) is 1. The lowest BCUT2D eigenvalue weighted by Gasteiger charge is -2.34. The van der Waals surface area contributed by atoms with Gasteiger partial charge in [-0.2, -0.15) is 0 Å². The highest BCUT2D eigenvalue weighted by Gasteiger charge is 2.33. The van der Waals surface area contributed by atoms with E-state index < -0.39 is 15.5 Å². The fourth-order valence-electron chi connectivity index (χ4n) is 1.32. The first-order valence-corrected chi connectivity index (χ1v) is 9.59. The molecule has 1 unspecified atom stereocenters. The van der Waals surface area contributed by atoms with Gasteiger partial charge in [-0.3, -0.25) is 4.57 Å². The molecule has 8 nitrogen and oxygen atoms in total. The molecule has 0 aromatic heterocycles. The lowest BCUT2D eigenvalue weighted by atomic mass is 10.4. The Bertz CT molecular complexity index is 331. The maximum Gasteiger partial charge on any atom is 0.466 e. The van der Waals surface area contributed by atoms with Crippen molar-refractivity contribution < 1.29 is 28.3 Å². The van der Waals surface area contributed by atoms with E-state index in [9.17, 15) is 4.57 Å². The van der Waals surface area contributed by atoms with Crippen LogP contribution in [-0.2, 0) is 13.7 Å². The number of hydrogen-bond donors (Lipinski definition) is 4. The SMILES string of the molecule is O=P(O)(O)O.O=P1(NCCCl)OCCCN1CCCl. The Balaban J connectivity index is 0.000000555. The van der Waals surface area contributed by atoms with Crippen LogP contribution in [0.2, 0.25) is 0 Å². The summed E-state index contributed by atoms with van der Waals surface area (Å²) in [6.07, 6.45) is 0.892. The van der Waals surface area contributed by atoms with Crippen molar-refractivity contribution in [3.63, 3.8) is 0 Å². The molecule has 0 aromatic rings. The topological polar surface area (TPSA) is 119 Å². The molecule has 1 heterocycles. The summed E-state index contributed by atoms with van der Waals surface area (Å²) in [4.78, 5) is 21.6. The summed E-state index contributed by atoms with van der Waals surface area (Å²) in [6, 6.07) is 0. The third kappa shape index (κ3) is 10.2. The molecule has 116 valence electrons. The molecule has 1 fully saturated rings. The van der Waals surface area contributed by atoms with Crippen LogP contribution in [0.25, 0.3) is 0 Å². The number of phosphoric acid groups is 1. The second-order valence-corrected chi connectivity index (χ2v) is 7.42. The number of halogens is 2. The zero-order valence-corrected chi connectivity index (χ0v) is 13.4. The van der Waals surface area contributed by atoms with Crippen LogP contribution < -0.4 is 5.09 Å². The van der Waals surface area contributed by atoms with Crippen molar-refractivity contribution in [2.75, 3.05) is 38.0 Å². The molecule has 0 radical (unpaired) electrons. The first kappa shape index (κ1) is 19.8. The summed E-state index contributed by atoms with van der Waals surface area (Å²) in [5, 5.41) is 2.85. The summed E-state index contributed by atoms with van der Waals surface area (Å²) < 4.78 is 28.1. The average Bonchev–Trinajstić information content (AvgIpc) is 2.28. The molecular formula is C7H18Cl2N2O6P2. The molecule has 0 bridgehead atoms. The lowest BCUT2D eigenvalue weighted by molar-refractivity contribution is 0.203. The van der Waals surface area contributed by atoms with Crippen LogP contribution in [0.5, 0.6) is 0 Å². The van der Waals surface area contributed by atoms with Crippen LogP contribution in [0.15, 0.2) is 0 Å². The second-order valence-electron chi connectivity index (χ2n) is 3.46. The van der Waals surface area contributed by atoms with Crippen LogP contribution in [0.3, 0.4) is 0 Å². The molecule has 0 spiro atoms. The minimum absolute atomic E-state index is 0.419. The maximum atomic E-state index is 12.2. The van der Waals surface area contributed by atoms with E-state index in [0.29, 0.717) is 31.5 Å². The van der Waals surface area contributed by atoms with Gasteiger partial charge in [-0.1, -0.05) is 0 Å². The second kappa shape index (κ2) is 9.68. The van der Waals surface area contributed by atoms with Gasteiger partial charge in [-0.15, -0.1) is 23.2 Å². The highest BCUT2D eigenvalue weighted by Crippen LogP contribution is 2.48. The molecular weight excluding hydrogens is 341 g/mol. The first-order valence-electron chi connectivity index (χ1n) is 5.38. The van der Waals surface area contributed by atoms with Gasteiger partial charge in [0.2, 0.25) is 0 Å². The summed E-state index contributed by atoms with van der Waals surface area (Å²) in [7, 11) is -7.48. The van der Waals surface area contributed by atoms with Crippen LogP contribution in [0, 0.1) is 0 Å². The van der Waals surface area contributed by atoms with Gasteiger partial charge in [0, 0.05) is 31.4 Å². The van der Waals surface area contributed by atoms with E-state index in [-0.39, 0.29) is 0 Å². The monoisotopic (exact) mass is 358 g/mol. The molecule has 12 heteroatoms. The third-order valence-corrected chi connectivity index (χ3v) is 4.61. The van der Waals surface area contributed by atoms with Crippen molar-refractivity contribution >= 4 is 38.7 Å². The number of rotatable bonds is 5. The Hall–Kier alpha value is 0.800. The normalized spacial score (nSPS) is 24.7. The number of alkyl halides is 2. The number of nitrogens with zero attached hydrogens (tertiary/aromatic N) is 1. The molecule has 1 atom stereocenters. The van der Waals surface area contributed by atoms with Gasteiger partial charge in [0.1, 0.15) is 0 Å². The van der Waals surface area contributed by atoms with Gasteiger partial charge in [0.05, 0.1) is 6.61 Å². The largest absolute Gasteiger partial charge is 0.466 e. The van der Waals surface area contributed by atoms with E-state index >= 15 is 0 Å². The van der Waals surface area contributed by atoms with E-state index in [4.69, 9.17) is 47.0 Å². The van der Waals surface area contributed by atoms with E-state index in [0.717, 1.165) is 13.0 Å². The summed E-state index contributed by atoms with van der Waals surface area (Å²) >= 11 is 11.1. The average molecular weight is 359 g/mol. The molecule has 0 aromatic carbocycles. The fourth-order valence-corrected chi connectivity index (χ4v) is 3.86. The van der Waals surface area contributed by atoms with Crippen LogP contribution in [0.4, 0.5) is 0 Å². The quantitative estimate of drug-likeness (QED) is 0.423.